The van der Waals surface area contributed by atoms with Gasteiger partial charge in [0.05, 0.1) is 18.3 Å². The second kappa shape index (κ2) is 5.71. The largest absolute Gasteiger partial charge is 0.487 e. The summed E-state index contributed by atoms with van der Waals surface area (Å²) >= 11 is 0. The van der Waals surface area contributed by atoms with Crippen molar-refractivity contribution >= 4 is 11.7 Å². The molecule has 2 amide bonds. The third kappa shape index (κ3) is 2.72. The molecule has 0 saturated carbocycles. The quantitative estimate of drug-likeness (QED) is 0.900. The van der Waals surface area contributed by atoms with Crippen LogP contribution in [-0.2, 0) is 4.74 Å². The van der Waals surface area contributed by atoms with E-state index in [4.69, 9.17) is 9.47 Å². The summed E-state index contributed by atoms with van der Waals surface area (Å²) in [5.74, 6) is 0.763. The first kappa shape index (κ1) is 13.2. The number of nitrogens with one attached hydrogen (secondary N) is 1. The van der Waals surface area contributed by atoms with Gasteiger partial charge in [-0.2, -0.15) is 0 Å². The summed E-state index contributed by atoms with van der Waals surface area (Å²) in [4.78, 5) is 14.1. The number of nitrogens with zero attached hydrogens (tertiary/aromatic N) is 1. The Labute approximate surface area is 118 Å². The lowest BCUT2D eigenvalue weighted by atomic mass is 10.2. The Morgan fingerprint density at radius 3 is 3.10 bits per heavy atom. The van der Waals surface area contributed by atoms with Crippen LogP contribution < -0.4 is 15.0 Å². The molecule has 3 rings (SSSR count). The van der Waals surface area contributed by atoms with Crippen LogP contribution in [0.2, 0.25) is 0 Å². The van der Waals surface area contributed by atoms with Crippen LogP contribution >= 0.6 is 0 Å². The zero-order chi connectivity index (χ0) is 13.9. The van der Waals surface area contributed by atoms with Gasteiger partial charge in [0.2, 0.25) is 0 Å². The number of urea groups is 1. The number of amides is 2. The normalized spacial score (nSPS) is 24.9. The van der Waals surface area contributed by atoms with Crippen molar-refractivity contribution in [3.8, 4) is 5.75 Å². The van der Waals surface area contributed by atoms with Gasteiger partial charge in [-0.05, 0) is 31.9 Å². The summed E-state index contributed by atoms with van der Waals surface area (Å²) in [5, 5.41) is 2.96. The number of anilines is 1. The standard InChI is InChI=1S/C15H20N2O3/c1-11-10-17(13-6-2-3-7-14(13)20-11)15(18)16-9-12-5-4-8-19-12/h2-3,6-7,11-12H,4-5,8-10H2,1H3,(H,16,18)/t11-,12+/m0/s1. The molecule has 20 heavy (non-hydrogen) atoms. The number of hydrogen-bond acceptors (Lipinski definition) is 3. The molecular weight excluding hydrogens is 256 g/mol. The van der Waals surface area contributed by atoms with E-state index in [1.165, 1.54) is 0 Å². The molecule has 2 atom stereocenters. The van der Waals surface area contributed by atoms with Gasteiger partial charge in [0.15, 0.2) is 0 Å². The van der Waals surface area contributed by atoms with Crippen LogP contribution in [0.4, 0.5) is 10.5 Å². The number of rotatable bonds is 2. The molecule has 1 fully saturated rings. The van der Waals surface area contributed by atoms with E-state index < -0.39 is 0 Å². The molecule has 0 bridgehead atoms. The molecule has 2 aliphatic heterocycles. The van der Waals surface area contributed by atoms with E-state index in [-0.39, 0.29) is 18.2 Å². The summed E-state index contributed by atoms with van der Waals surface area (Å²) in [5.41, 5.74) is 0.829. The minimum Gasteiger partial charge on any atom is -0.487 e. The van der Waals surface area contributed by atoms with Crippen molar-refractivity contribution in [3.63, 3.8) is 0 Å². The zero-order valence-electron chi connectivity index (χ0n) is 11.7. The van der Waals surface area contributed by atoms with Crippen LogP contribution in [-0.4, -0.2) is 37.9 Å². The third-order valence-electron chi connectivity index (χ3n) is 3.67. The second-order valence-corrected chi connectivity index (χ2v) is 5.33. The Bertz CT molecular complexity index is 486. The van der Waals surface area contributed by atoms with Crippen molar-refractivity contribution in [2.75, 3.05) is 24.6 Å². The maximum absolute atomic E-state index is 12.4. The van der Waals surface area contributed by atoms with E-state index in [1.54, 1.807) is 4.90 Å². The molecule has 1 aromatic rings. The Morgan fingerprint density at radius 2 is 2.30 bits per heavy atom. The summed E-state index contributed by atoms with van der Waals surface area (Å²) in [6.45, 7) is 3.91. The number of carbonyl (C=O) groups is 1. The molecule has 0 aliphatic carbocycles. The van der Waals surface area contributed by atoms with Gasteiger partial charge < -0.3 is 14.8 Å². The zero-order valence-corrected chi connectivity index (χ0v) is 11.7. The lowest BCUT2D eigenvalue weighted by molar-refractivity contribution is 0.111. The minimum absolute atomic E-state index is 0.00150. The first-order valence-corrected chi connectivity index (χ1v) is 7.16. The van der Waals surface area contributed by atoms with E-state index in [2.05, 4.69) is 5.32 Å². The first-order chi connectivity index (χ1) is 9.74. The maximum Gasteiger partial charge on any atom is 0.322 e. The highest BCUT2D eigenvalue weighted by atomic mass is 16.5. The van der Waals surface area contributed by atoms with Crippen LogP contribution in [0.15, 0.2) is 24.3 Å². The van der Waals surface area contributed by atoms with E-state index in [9.17, 15) is 4.79 Å². The van der Waals surface area contributed by atoms with Gasteiger partial charge in [0, 0.05) is 13.2 Å². The molecule has 1 aromatic carbocycles. The van der Waals surface area contributed by atoms with Gasteiger partial charge in [-0.3, -0.25) is 4.90 Å². The van der Waals surface area contributed by atoms with Gasteiger partial charge >= 0.3 is 6.03 Å². The van der Waals surface area contributed by atoms with Gasteiger partial charge in [-0.1, -0.05) is 12.1 Å². The Hall–Kier alpha value is -1.75. The number of benzene rings is 1. The van der Waals surface area contributed by atoms with Gasteiger partial charge in [-0.15, -0.1) is 0 Å². The number of hydrogen-bond donors (Lipinski definition) is 1. The van der Waals surface area contributed by atoms with Crippen LogP contribution in [0.3, 0.4) is 0 Å². The molecule has 5 nitrogen and oxygen atoms in total. The molecule has 0 spiro atoms. The Balaban J connectivity index is 1.67. The highest BCUT2D eigenvalue weighted by Gasteiger charge is 2.27. The van der Waals surface area contributed by atoms with Crippen molar-refractivity contribution in [2.45, 2.75) is 32.0 Å². The van der Waals surface area contributed by atoms with Gasteiger partial charge in [0.1, 0.15) is 11.9 Å². The predicted molar refractivity (Wildman–Crippen MR) is 76.3 cm³/mol. The van der Waals surface area contributed by atoms with E-state index in [1.807, 2.05) is 31.2 Å². The van der Waals surface area contributed by atoms with Crippen molar-refractivity contribution < 1.29 is 14.3 Å². The molecule has 1 saturated heterocycles. The topological polar surface area (TPSA) is 50.8 Å². The smallest absolute Gasteiger partial charge is 0.322 e. The van der Waals surface area contributed by atoms with Gasteiger partial charge in [-0.25, -0.2) is 4.79 Å². The summed E-state index contributed by atoms with van der Waals surface area (Å²) in [7, 11) is 0. The number of carbonyl (C=O) groups excluding carboxylic acids is 1. The van der Waals surface area contributed by atoms with Gasteiger partial charge in [0.25, 0.3) is 0 Å². The SMILES string of the molecule is C[C@H]1CN(C(=O)NC[C@H]2CCCO2)c2ccccc2O1. The number of ether oxygens (including phenoxy) is 2. The second-order valence-electron chi connectivity index (χ2n) is 5.33. The fraction of sp³-hybridized carbons (Fsp3) is 0.533. The summed E-state index contributed by atoms with van der Waals surface area (Å²) in [6, 6.07) is 7.55. The van der Waals surface area contributed by atoms with E-state index in [0.717, 1.165) is 30.9 Å². The highest BCUT2D eigenvalue weighted by Crippen LogP contribution is 2.32. The molecule has 108 valence electrons. The number of fused-ring (bicyclic) bond motifs is 1. The molecular formula is C15H20N2O3. The van der Waals surface area contributed by atoms with Crippen molar-refractivity contribution in [1.82, 2.24) is 5.32 Å². The molecule has 2 heterocycles. The molecule has 0 aromatic heterocycles. The van der Waals surface area contributed by atoms with Crippen molar-refractivity contribution in [2.24, 2.45) is 0 Å². The van der Waals surface area contributed by atoms with Crippen LogP contribution in [0, 0.1) is 0 Å². The van der Waals surface area contributed by atoms with E-state index >= 15 is 0 Å². The van der Waals surface area contributed by atoms with E-state index in [0.29, 0.717) is 13.1 Å². The summed E-state index contributed by atoms with van der Waals surface area (Å²) in [6.07, 6.45) is 2.26. The Morgan fingerprint density at radius 1 is 1.45 bits per heavy atom. The average Bonchev–Trinajstić information content (AvgIpc) is 2.97. The fourth-order valence-electron chi connectivity index (χ4n) is 2.68. The van der Waals surface area contributed by atoms with Crippen molar-refractivity contribution in [1.29, 1.82) is 0 Å². The first-order valence-electron chi connectivity index (χ1n) is 7.16. The Kier molecular flexibility index (Phi) is 3.78. The summed E-state index contributed by atoms with van der Waals surface area (Å²) < 4.78 is 11.3. The third-order valence-corrected chi connectivity index (χ3v) is 3.67. The minimum atomic E-state index is -0.0805. The molecule has 0 unspecified atom stereocenters. The molecule has 2 aliphatic rings. The maximum atomic E-state index is 12.4. The van der Waals surface area contributed by atoms with Crippen molar-refractivity contribution in [3.05, 3.63) is 24.3 Å². The fourth-order valence-corrected chi connectivity index (χ4v) is 2.68. The molecule has 1 N–H and O–H groups in total. The predicted octanol–water partition coefficient (Wildman–Crippen LogP) is 2.16. The lowest BCUT2D eigenvalue weighted by Crippen LogP contribution is -2.48. The highest BCUT2D eigenvalue weighted by molar-refractivity contribution is 5.94. The molecule has 0 radical (unpaired) electrons. The lowest BCUT2D eigenvalue weighted by Gasteiger charge is -2.33. The van der Waals surface area contributed by atoms with Crippen LogP contribution in [0.5, 0.6) is 5.75 Å². The number of para-hydroxylation sites is 2. The van der Waals surface area contributed by atoms with Crippen LogP contribution in [0.25, 0.3) is 0 Å². The average molecular weight is 276 g/mol. The van der Waals surface area contributed by atoms with Crippen LogP contribution in [0.1, 0.15) is 19.8 Å². The monoisotopic (exact) mass is 276 g/mol. The molecule has 5 heteroatoms.